The number of nitrogens with one attached hydrogen (secondary N) is 1. The van der Waals surface area contributed by atoms with Crippen LogP contribution in [0.2, 0.25) is 0 Å². The number of carbonyl (C=O) groups excluding carboxylic acids is 1. The number of thiazole rings is 1. The molecule has 0 aliphatic carbocycles. The Morgan fingerprint density at radius 2 is 1.81 bits per heavy atom. The molecule has 0 spiro atoms. The van der Waals surface area contributed by atoms with Gasteiger partial charge in [0.25, 0.3) is 11.5 Å². The van der Waals surface area contributed by atoms with E-state index in [1.54, 1.807) is 11.6 Å². The van der Waals surface area contributed by atoms with Gasteiger partial charge >= 0.3 is 0 Å². The number of hydrogen-bond donors (Lipinski definition) is 1. The normalized spacial score (nSPS) is 15.0. The second-order valence-electron chi connectivity index (χ2n) is 6.43. The van der Waals surface area contributed by atoms with Crippen molar-refractivity contribution in [1.29, 1.82) is 0 Å². The Kier molecular flexibility index (Phi) is 4.71. The molecule has 3 aromatic rings. The molecular weight excluding hydrogens is 348 g/mol. The first-order chi connectivity index (χ1) is 12.7. The minimum absolute atomic E-state index is 0.0393. The molecular formula is C19H20N4O2S. The molecule has 0 saturated carbocycles. The van der Waals surface area contributed by atoms with Gasteiger partial charge in [0.15, 0.2) is 4.96 Å². The largest absolute Gasteiger partial charge is 0.372 e. The van der Waals surface area contributed by atoms with Crippen molar-refractivity contribution >= 4 is 33.6 Å². The highest BCUT2D eigenvalue weighted by molar-refractivity contribution is 7.15. The van der Waals surface area contributed by atoms with Gasteiger partial charge < -0.3 is 10.2 Å². The van der Waals surface area contributed by atoms with Crippen molar-refractivity contribution in [1.82, 2.24) is 9.38 Å². The van der Waals surface area contributed by atoms with Gasteiger partial charge in [-0.15, -0.1) is 11.3 Å². The van der Waals surface area contributed by atoms with Crippen molar-refractivity contribution in [3.8, 4) is 0 Å². The summed E-state index contributed by atoms with van der Waals surface area (Å²) in [6.07, 6.45) is 8.00. The predicted octanol–water partition coefficient (Wildman–Crippen LogP) is 3.39. The van der Waals surface area contributed by atoms with Crippen molar-refractivity contribution in [3.63, 3.8) is 0 Å². The highest BCUT2D eigenvalue weighted by Crippen LogP contribution is 2.21. The van der Waals surface area contributed by atoms with Crippen LogP contribution >= 0.6 is 11.3 Å². The highest BCUT2D eigenvalue weighted by atomic mass is 32.1. The molecule has 1 aliphatic heterocycles. The Hall–Kier alpha value is -2.67. The van der Waals surface area contributed by atoms with E-state index < -0.39 is 5.91 Å². The molecule has 1 N–H and O–H groups in total. The molecule has 134 valence electrons. The number of amides is 1. The van der Waals surface area contributed by atoms with Gasteiger partial charge in [-0.2, -0.15) is 0 Å². The molecule has 1 aromatic carbocycles. The van der Waals surface area contributed by atoms with Crippen LogP contribution in [0.25, 0.3) is 4.96 Å². The molecule has 1 amide bonds. The smallest absolute Gasteiger partial charge is 0.271 e. The van der Waals surface area contributed by atoms with E-state index in [9.17, 15) is 9.59 Å². The first-order valence-corrected chi connectivity index (χ1v) is 9.71. The van der Waals surface area contributed by atoms with Crippen molar-refractivity contribution < 1.29 is 4.79 Å². The molecule has 3 heterocycles. The Labute approximate surface area is 155 Å². The highest BCUT2D eigenvalue weighted by Gasteiger charge is 2.15. The SMILES string of the molecule is O=C(Nc1ccc(N2CCCCCC2)cc1)c1cnc2sccn2c1=O. The topological polar surface area (TPSA) is 66.7 Å². The Balaban J connectivity index is 1.50. The summed E-state index contributed by atoms with van der Waals surface area (Å²) in [6.45, 7) is 2.16. The molecule has 1 fully saturated rings. The number of nitrogens with zero attached hydrogens (tertiary/aromatic N) is 3. The predicted molar refractivity (Wildman–Crippen MR) is 104 cm³/mol. The molecule has 0 atom stereocenters. The lowest BCUT2D eigenvalue weighted by molar-refractivity contribution is 0.102. The molecule has 7 heteroatoms. The molecule has 2 aromatic heterocycles. The number of aromatic nitrogens is 2. The van der Waals surface area contributed by atoms with Crippen LogP contribution in [-0.2, 0) is 0 Å². The van der Waals surface area contributed by atoms with E-state index in [0.717, 1.165) is 13.1 Å². The van der Waals surface area contributed by atoms with Crippen molar-refractivity contribution in [2.75, 3.05) is 23.3 Å². The second kappa shape index (κ2) is 7.29. The van der Waals surface area contributed by atoms with Gasteiger partial charge in [-0.05, 0) is 37.1 Å². The van der Waals surface area contributed by atoms with Crippen LogP contribution in [0.5, 0.6) is 0 Å². The quantitative estimate of drug-likeness (QED) is 0.770. The average molecular weight is 368 g/mol. The third-order valence-corrected chi connectivity index (χ3v) is 5.45. The Morgan fingerprint density at radius 3 is 2.54 bits per heavy atom. The summed E-state index contributed by atoms with van der Waals surface area (Å²) in [5.41, 5.74) is 1.53. The zero-order valence-corrected chi connectivity index (χ0v) is 15.2. The summed E-state index contributed by atoms with van der Waals surface area (Å²) < 4.78 is 1.39. The van der Waals surface area contributed by atoms with Gasteiger partial charge in [-0.3, -0.25) is 14.0 Å². The fraction of sp³-hybridized carbons (Fsp3) is 0.316. The minimum atomic E-state index is -0.439. The summed E-state index contributed by atoms with van der Waals surface area (Å²) in [4.78, 5) is 32.0. The summed E-state index contributed by atoms with van der Waals surface area (Å²) in [6, 6.07) is 7.81. The number of rotatable bonds is 3. The van der Waals surface area contributed by atoms with E-state index in [1.807, 2.05) is 24.3 Å². The summed E-state index contributed by atoms with van der Waals surface area (Å²) in [5, 5.41) is 4.56. The molecule has 26 heavy (non-hydrogen) atoms. The fourth-order valence-electron chi connectivity index (χ4n) is 3.26. The lowest BCUT2D eigenvalue weighted by Gasteiger charge is -2.22. The summed E-state index contributed by atoms with van der Waals surface area (Å²) in [5.74, 6) is -0.439. The van der Waals surface area contributed by atoms with Crippen LogP contribution in [-0.4, -0.2) is 28.4 Å². The van der Waals surface area contributed by atoms with Crippen LogP contribution in [0.15, 0.2) is 46.8 Å². The maximum atomic E-state index is 12.5. The van der Waals surface area contributed by atoms with Crippen LogP contribution in [0.1, 0.15) is 36.0 Å². The first-order valence-electron chi connectivity index (χ1n) is 8.83. The Bertz CT molecular complexity index is 969. The number of anilines is 2. The van der Waals surface area contributed by atoms with E-state index in [2.05, 4.69) is 15.2 Å². The van der Waals surface area contributed by atoms with Gasteiger partial charge in [0.2, 0.25) is 0 Å². The van der Waals surface area contributed by atoms with Crippen LogP contribution < -0.4 is 15.8 Å². The number of benzene rings is 1. The average Bonchev–Trinajstić information content (AvgIpc) is 2.97. The van der Waals surface area contributed by atoms with E-state index in [4.69, 9.17) is 0 Å². The van der Waals surface area contributed by atoms with E-state index >= 15 is 0 Å². The molecule has 6 nitrogen and oxygen atoms in total. The van der Waals surface area contributed by atoms with Crippen molar-refractivity contribution in [2.24, 2.45) is 0 Å². The third kappa shape index (κ3) is 3.35. The molecule has 1 saturated heterocycles. The Morgan fingerprint density at radius 1 is 1.08 bits per heavy atom. The van der Waals surface area contributed by atoms with Crippen molar-refractivity contribution in [3.05, 3.63) is 58.0 Å². The van der Waals surface area contributed by atoms with Crippen LogP contribution in [0.3, 0.4) is 0 Å². The zero-order chi connectivity index (χ0) is 17.9. The van der Waals surface area contributed by atoms with Crippen molar-refractivity contribution in [2.45, 2.75) is 25.7 Å². The van der Waals surface area contributed by atoms with Gasteiger partial charge in [0.05, 0.1) is 0 Å². The zero-order valence-electron chi connectivity index (χ0n) is 14.4. The maximum Gasteiger partial charge on any atom is 0.271 e. The minimum Gasteiger partial charge on any atom is -0.372 e. The van der Waals surface area contributed by atoms with Gasteiger partial charge in [-0.25, -0.2) is 4.98 Å². The fourth-order valence-corrected chi connectivity index (χ4v) is 3.94. The number of carbonyl (C=O) groups is 1. The standard InChI is InChI=1S/C19H20N4O2S/c24-17(16-13-20-19-23(18(16)25)11-12-26-19)21-14-5-7-15(8-6-14)22-9-3-1-2-4-10-22/h5-8,11-13H,1-4,9-10H2,(H,21,24). The maximum absolute atomic E-state index is 12.5. The van der Waals surface area contributed by atoms with Gasteiger partial charge in [-0.1, -0.05) is 12.8 Å². The number of hydrogen-bond acceptors (Lipinski definition) is 5. The van der Waals surface area contributed by atoms with Crippen LogP contribution in [0.4, 0.5) is 11.4 Å². The molecule has 0 unspecified atom stereocenters. The molecule has 4 rings (SSSR count). The lowest BCUT2D eigenvalue weighted by atomic mass is 10.2. The second-order valence-corrected chi connectivity index (χ2v) is 7.31. The lowest BCUT2D eigenvalue weighted by Crippen LogP contribution is -2.26. The van der Waals surface area contributed by atoms with E-state index in [1.165, 1.54) is 53.3 Å². The van der Waals surface area contributed by atoms with E-state index in [0.29, 0.717) is 10.6 Å². The van der Waals surface area contributed by atoms with Gasteiger partial charge in [0.1, 0.15) is 5.56 Å². The number of fused-ring (bicyclic) bond motifs is 1. The molecule has 0 radical (unpaired) electrons. The molecule has 1 aliphatic rings. The first kappa shape index (κ1) is 16.8. The molecule has 0 bridgehead atoms. The summed E-state index contributed by atoms with van der Waals surface area (Å²) in [7, 11) is 0. The van der Waals surface area contributed by atoms with Gasteiger partial charge in [0, 0.05) is 42.2 Å². The van der Waals surface area contributed by atoms with E-state index in [-0.39, 0.29) is 11.1 Å². The third-order valence-electron chi connectivity index (χ3n) is 4.68. The summed E-state index contributed by atoms with van der Waals surface area (Å²) >= 11 is 1.36. The monoisotopic (exact) mass is 368 g/mol. The van der Waals surface area contributed by atoms with Crippen LogP contribution in [0, 0.1) is 0 Å².